The summed E-state index contributed by atoms with van der Waals surface area (Å²) in [5.41, 5.74) is 8.17. The van der Waals surface area contributed by atoms with Gasteiger partial charge in [-0.3, -0.25) is 4.57 Å². The van der Waals surface area contributed by atoms with Crippen LogP contribution in [-0.4, -0.2) is 55.5 Å². The first kappa shape index (κ1) is 26.0. The van der Waals surface area contributed by atoms with Crippen molar-refractivity contribution >= 4 is 45.7 Å². The van der Waals surface area contributed by atoms with Gasteiger partial charge in [-0.15, -0.1) is 0 Å². The molecule has 0 unspecified atom stereocenters. The first-order valence-electron chi connectivity index (χ1n) is 12.2. The molecule has 0 saturated carbocycles. The third kappa shape index (κ3) is 4.23. The summed E-state index contributed by atoms with van der Waals surface area (Å²) in [6.07, 6.45) is 1.63. The van der Waals surface area contributed by atoms with Gasteiger partial charge in [0.15, 0.2) is 11.5 Å². The van der Waals surface area contributed by atoms with E-state index < -0.39 is 17.1 Å². The van der Waals surface area contributed by atoms with Gasteiger partial charge in [0.05, 0.1) is 19.0 Å². The second-order valence-corrected chi connectivity index (χ2v) is 19.9. The Labute approximate surface area is 209 Å². The number of nitrogens with zero attached hydrogens (tertiary/aromatic N) is 4. The Bertz CT molecular complexity index is 1020. The quantitative estimate of drug-likeness (QED) is 0.412. The average Bonchev–Trinajstić information content (AvgIpc) is 3.31. The fraction of sp³-hybridized carbons (Fsp3) is 0.773. The molecule has 0 radical (unpaired) electrons. The van der Waals surface area contributed by atoms with Gasteiger partial charge in [-0.2, -0.15) is 9.97 Å². The van der Waals surface area contributed by atoms with Crippen LogP contribution in [0.2, 0.25) is 27.4 Å². The number of rotatable bonds is 5. The molecule has 0 spiro atoms. The smallest absolute Gasteiger partial charge is 0.335 e. The Morgan fingerprint density at radius 2 is 1.59 bits per heavy atom. The van der Waals surface area contributed by atoms with Crippen LogP contribution < -0.4 is 5.73 Å². The lowest BCUT2D eigenvalue weighted by Crippen LogP contribution is -2.65. The van der Waals surface area contributed by atoms with E-state index >= 15 is 0 Å². The summed E-state index contributed by atoms with van der Waals surface area (Å²) in [5.74, 6) is 0.251. The third-order valence-corrected chi connectivity index (χ3v) is 17.7. The number of ether oxygens (including phenoxy) is 1. The Hall–Kier alpha value is -1.09. The highest BCUT2D eigenvalue weighted by Gasteiger charge is 2.60. The van der Waals surface area contributed by atoms with Gasteiger partial charge in [0.1, 0.15) is 17.8 Å². The normalized spacial score (nSPS) is 27.0. The zero-order valence-corrected chi connectivity index (χ0v) is 24.2. The summed E-state index contributed by atoms with van der Waals surface area (Å²) in [7, 11) is -5.29. The Balaban J connectivity index is 1.73. The molecule has 0 bridgehead atoms. The van der Waals surface area contributed by atoms with Crippen molar-refractivity contribution in [1.82, 2.24) is 19.5 Å². The molecule has 2 aliphatic heterocycles. The van der Waals surface area contributed by atoms with E-state index in [-0.39, 0.29) is 51.7 Å². The van der Waals surface area contributed by atoms with Crippen molar-refractivity contribution in [3.05, 3.63) is 11.6 Å². The van der Waals surface area contributed by atoms with Crippen molar-refractivity contribution in [2.45, 2.75) is 102 Å². The summed E-state index contributed by atoms with van der Waals surface area (Å²) in [4.78, 5) is 12.8. The highest BCUT2D eigenvalue weighted by Crippen LogP contribution is 2.48. The summed E-state index contributed by atoms with van der Waals surface area (Å²) in [6, 6.07) is 0. The zero-order chi connectivity index (χ0) is 25.0. The van der Waals surface area contributed by atoms with E-state index in [0.29, 0.717) is 24.2 Å². The maximum absolute atomic E-state index is 7.25. The predicted molar refractivity (Wildman–Crippen MR) is 137 cm³/mol. The van der Waals surface area contributed by atoms with Gasteiger partial charge in [-0.25, -0.2) is 4.98 Å². The number of halogens is 1. The van der Waals surface area contributed by atoms with E-state index in [0.717, 1.165) is 0 Å². The molecule has 4 heterocycles. The highest BCUT2D eigenvalue weighted by atomic mass is 35.5. The van der Waals surface area contributed by atoms with Crippen LogP contribution in [0.1, 0.15) is 68.0 Å². The molecule has 2 aromatic rings. The van der Waals surface area contributed by atoms with E-state index in [1.807, 2.05) is 4.57 Å². The van der Waals surface area contributed by atoms with Gasteiger partial charge >= 0.3 is 17.1 Å². The minimum Gasteiger partial charge on any atom is -0.414 e. The lowest BCUT2D eigenvalue weighted by molar-refractivity contribution is -0.0544. The van der Waals surface area contributed by atoms with Crippen molar-refractivity contribution in [1.29, 1.82) is 0 Å². The fourth-order valence-corrected chi connectivity index (χ4v) is 16.8. The van der Waals surface area contributed by atoms with Crippen LogP contribution in [0, 0.1) is 0 Å². The maximum atomic E-state index is 7.25. The minimum absolute atomic E-state index is 0.0828. The Morgan fingerprint density at radius 1 is 0.971 bits per heavy atom. The van der Waals surface area contributed by atoms with Crippen LogP contribution in [0.4, 0.5) is 5.82 Å². The standard InChI is InChI=1S/C22H38ClN5O4Si2/c1-12(2)33(13(3)4)29-10-17-16(31-34(32-33,14(5)6)15(7)8)9-18(30-17)28-11-25-19-20(24)26-22(23)27-21(19)28/h11-18H,9-10H2,1-8H3,(H2,24,26,27)/t16-,17-,18-/m0/s1. The first-order valence-corrected chi connectivity index (χ1v) is 16.6. The molecule has 2 aliphatic rings. The molecule has 3 atom stereocenters. The average molecular weight is 528 g/mol. The lowest BCUT2D eigenvalue weighted by atomic mass is 10.2. The van der Waals surface area contributed by atoms with E-state index in [2.05, 4.69) is 70.3 Å². The summed E-state index contributed by atoms with van der Waals surface area (Å²) >= 11 is 6.09. The fourth-order valence-electron chi connectivity index (χ4n) is 5.43. The second-order valence-electron chi connectivity index (χ2n) is 10.7. The third-order valence-electron chi connectivity index (χ3n) is 7.26. The molecule has 190 valence electrons. The molecule has 2 aromatic heterocycles. The zero-order valence-electron chi connectivity index (χ0n) is 21.4. The van der Waals surface area contributed by atoms with Crippen LogP contribution >= 0.6 is 11.6 Å². The Morgan fingerprint density at radius 3 is 2.18 bits per heavy atom. The van der Waals surface area contributed by atoms with Crippen molar-refractivity contribution < 1.29 is 17.7 Å². The van der Waals surface area contributed by atoms with E-state index in [1.54, 1.807) is 6.33 Å². The van der Waals surface area contributed by atoms with Crippen LogP contribution in [0.15, 0.2) is 6.33 Å². The van der Waals surface area contributed by atoms with E-state index in [1.165, 1.54) is 0 Å². The van der Waals surface area contributed by atoms with Crippen LogP contribution in [0.5, 0.6) is 0 Å². The summed E-state index contributed by atoms with van der Waals surface area (Å²) < 4.78 is 29.6. The minimum atomic E-state index is -2.69. The number of nitrogens with two attached hydrogens (primary N) is 1. The molecule has 2 fully saturated rings. The molecule has 0 aliphatic carbocycles. The molecular formula is C22H38ClN5O4Si2. The molecule has 34 heavy (non-hydrogen) atoms. The van der Waals surface area contributed by atoms with Crippen molar-refractivity contribution in [3.63, 3.8) is 0 Å². The van der Waals surface area contributed by atoms with Crippen molar-refractivity contribution in [3.8, 4) is 0 Å². The number of imidazole rings is 1. The Kier molecular flexibility index (Phi) is 7.20. The SMILES string of the molecule is CC(C)[Si]1(C(C)C)OC[C@@H]2O[C@H](n3cnc4c(N)nc(Cl)nc43)C[C@@H]2O[Si](C(C)C)(C(C)C)O1. The number of nitrogen functional groups attached to an aromatic ring is 1. The van der Waals surface area contributed by atoms with E-state index in [9.17, 15) is 0 Å². The molecule has 2 saturated heterocycles. The van der Waals surface area contributed by atoms with Gasteiger partial charge < -0.3 is 23.4 Å². The molecule has 9 nitrogen and oxygen atoms in total. The van der Waals surface area contributed by atoms with Gasteiger partial charge in [-0.1, -0.05) is 55.4 Å². The van der Waals surface area contributed by atoms with Gasteiger partial charge in [0, 0.05) is 6.42 Å². The van der Waals surface area contributed by atoms with Crippen LogP contribution in [0.3, 0.4) is 0 Å². The molecule has 0 aromatic carbocycles. The first-order chi connectivity index (χ1) is 15.9. The van der Waals surface area contributed by atoms with Crippen molar-refractivity contribution in [2.75, 3.05) is 12.3 Å². The number of aromatic nitrogens is 4. The summed E-state index contributed by atoms with van der Waals surface area (Å²) in [6.45, 7) is 18.2. The van der Waals surface area contributed by atoms with Gasteiger partial charge in [0.25, 0.3) is 0 Å². The monoisotopic (exact) mass is 527 g/mol. The molecular weight excluding hydrogens is 490 g/mol. The number of fused-ring (bicyclic) bond motifs is 2. The predicted octanol–water partition coefficient (Wildman–Crippen LogP) is 5.31. The summed E-state index contributed by atoms with van der Waals surface area (Å²) in [5, 5.41) is 0.0828. The number of hydrogen-bond acceptors (Lipinski definition) is 8. The number of hydrogen-bond donors (Lipinski definition) is 1. The maximum Gasteiger partial charge on any atom is 0.335 e. The van der Waals surface area contributed by atoms with E-state index in [4.69, 9.17) is 35.0 Å². The molecule has 2 N–H and O–H groups in total. The number of anilines is 1. The second kappa shape index (κ2) is 9.42. The molecule has 12 heteroatoms. The van der Waals surface area contributed by atoms with Crippen molar-refractivity contribution in [2.24, 2.45) is 0 Å². The topological polar surface area (TPSA) is 107 Å². The van der Waals surface area contributed by atoms with Crippen LogP contribution in [0.25, 0.3) is 11.2 Å². The van der Waals surface area contributed by atoms with Gasteiger partial charge in [-0.05, 0) is 33.8 Å². The highest BCUT2D eigenvalue weighted by molar-refractivity contribution is 6.83. The largest absolute Gasteiger partial charge is 0.414 e. The van der Waals surface area contributed by atoms with Gasteiger partial charge in [0.2, 0.25) is 5.28 Å². The lowest BCUT2D eigenvalue weighted by Gasteiger charge is -2.51. The molecule has 4 rings (SSSR count). The van der Waals surface area contributed by atoms with Crippen LogP contribution in [-0.2, 0) is 17.7 Å². The molecule has 0 amide bonds.